The van der Waals surface area contributed by atoms with E-state index in [2.05, 4.69) is 15.2 Å². The number of benzene rings is 2. The molecule has 1 aliphatic heterocycles. The smallest absolute Gasteiger partial charge is 0.339 e. The first-order valence-corrected chi connectivity index (χ1v) is 12.1. The van der Waals surface area contributed by atoms with E-state index < -0.39 is 5.97 Å². The second-order valence-corrected chi connectivity index (χ2v) is 8.62. The van der Waals surface area contributed by atoms with Gasteiger partial charge in [-0.15, -0.1) is 0 Å². The lowest BCUT2D eigenvalue weighted by molar-refractivity contribution is 0.0600. The van der Waals surface area contributed by atoms with Crippen molar-refractivity contribution in [3.05, 3.63) is 108 Å². The molecule has 2 atom stereocenters. The second kappa shape index (κ2) is 10.2. The molecular formula is C28H26N4O3S. The lowest BCUT2D eigenvalue weighted by Gasteiger charge is -2.29. The van der Waals surface area contributed by atoms with E-state index in [9.17, 15) is 4.79 Å². The molecule has 0 spiro atoms. The summed E-state index contributed by atoms with van der Waals surface area (Å²) in [5.74, 6) is 0.405. The zero-order valence-electron chi connectivity index (χ0n) is 20.0. The van der Waals surface area contributed by atoms with Gasteiger partial charge in [0.25, 0.3) is 0 Å². The highest BCUT2D eigenvalue weighted by atomic mass is 32.1. The summed E-state index contributed by atoms with van der Waals surface area (Å²) in [5, 5.41) is 4.07. The van der Waals surface area contributed by atoms with Gasteiger partial charge in [-0.3, -0.25) is 4.98 Å². The summed E-state index contributed by atoms with van der Waals surface area (Å²) in [7, 11) is 1.39. The third kappa shape index (κ3) is 4.31. The van der Waals surface area contributed by atoms with Crippen LogP contribution in [-0.4, -0.2) is 34.3 Å². The normalized spacial score (nSPS) is 17.1. The molecule has 182 valence electrons. The van der Waals surface area contributed by atoms with E-state index in [1.807, 2.05) is 90.5 Å². The van der Waals surface area contributed by atoms with Crippen molar-refractivity contribution in [2.24, 2.45) is 0 Å². The molecule has 5 rings (SSSR count). The van der Waals surface area contributed by atoms with Crippen LogP contribution in [0.25, 0.3) is 5.69 Å². The summed E-state index contributed by atoms with van der Waals surface area (Å²) in [6, 6.07) is 24.7. The van der Waals surface area contributed by atoms with Crippen LogP contribution in [0.2, 0.25) is 0 Å². The molecule has 7 nitrogen and oxygen atoms in total. The Kier molecular flexibility index (Phi) is 6.69. The standard InChI is InChI=1S/C28H26N4O3S/c1-3-35-20-15-13-19(14-16-20)32-26(25(30-28(32)36)22-10-6-7-17-29-22)24-12-8-18-31(24)23-11-5-4-9-21(23)27(33)34-2/h4-18,25-26H,3H2,1-2H3,(H,30,36)/t25-,26+/m1/s1. The number of para-hydroxylation sites is 1. The maximum absolute atomic E-state index is 12.6. The van der Waals surface area contributed by atoms with Crippen molar-refractivity contribution in [2.45, 2.75) is 19.0 Å². The number of hydrogen-bond acceptors (Lipinski definition) is 5. The molecule has 0 bridgehead atoms. The number of ether oxygens (including phenoxy) is 2. The molecule has 0 aliphatic carbocycles. The molecular weight excluding hydrogens is 472 g/mol. The minimum absolute atomic E-state index is 0.218. The summed E-state index contributed by atoms with van der Waals surface area (Å²) < 4.78 is 12.7. The fraction of sp³-hybridized carbons (Fsp3) is 0.179. The van der Waals surface area contributed by atoms with Crippen LogP contribution in [0.15, 0.2) is 91.3 Å². The largest absolute Gasteiger partial charge is 0.494 e. The van der Waals surface area contributed by atoms with Crippen LogP contribution >= 0.6 is 12.2 Å². The molecule has 0 amide bonds. The zero-order valence-corrected chi connectivity index (χ0v) is 20.8. The number of rotatable bonds is 7. The van der Waals surface area contributed by atoms with E-state index in [1.54, 1.807) is 12.3 Å². The Morgan fingerprint density at radius 2 is 1.81 bits per heavy atom. The highest BCUT2D eigenvalue weighted by Crippen LogP contribution is 2.42. The first kappa shape index (κ1) is 23.6. The average molecular weight is 499 g/mol. The van der Waals surface area contributed by atoms with Gasteiger partial charge in [0.2, 0.25) is 0 Å². The van der Waals surface area contributed by atoms with E-state index in [1.165, 1.54) is 7.11 Å². The molecule has 2 aromatic heterocycles. The Morgan fingerprint density at radius 1 is 1.03 bits per heavy atom. The number of pyridine rings is 1. The molecule has 2 aromatic carbocycles. The number of thiocarbonyl (C=S) groups is 1. The maximum Gasteiger partial charge on any atom is 0.339 e. The van der Waals surface area contributed by atoms with Gasteiger partial charge in [-0.05, 0) is 79.8 Å². The number of carbonyl (C=O) groups is 1. The zero-order chi connectivity index (χ0) is 25.1. The van der Waals surface area contributed by atoms with Crippen molar-refractivity contribution in [2.75, 3.05) is 18.6 Å². The van der Waals surface area contributed by atoms with Crippen LogP contribution < -0.4 is 15.0 Å². The van der Waals surface area contributed by atoms with Gasteiger partial charge in [0.05, 0.1) is 36.7 Å². The van der Waals surface area contributed by atoms with Gasteiger partial charge in [-0.25, -0.2) is 4.79 Å². The number of nitrogens with zero attached hydrogens (tertiary/aromatic N) is 3. The van der Waals surface area contributed by atoms with E-state index in [0.717, 1.165) is 28.5 Å². The van der Waals surface area contributed by atoms with E-state index in [4.69, 9.17) is 21.7 Å². The summed E-state index contributed by atoms with van der Waals surface area (Å²) in [5.41, 5.74) is 3.95. The average Bonchev–Trinajstić information content (AvgIpc) is 3.53. The minimum atomic E-state index is -0.394. The molecule has 1 fully saturated rings. The predicted molar refractivity (Wildman–Crippen MR) is 143 cm³/mol. The van der Waals surface area contributed by atoms with E-state index >= 15 is 0 Å². The van der Waals surface area contributed by atoms with Crippen LogP contribution in [0.1, 0.15) is 40.8 Å². The van der Waals surface area contributed by atoms with Gasteiger partial charge < -0.3 is 24.3 Å². The Hall–Kier alpha value is -4.17. The lowest BCUT2D eigenvalue weighted by atomic mass is 10.0. The molecule has 1 aliphatic rings. The number of nitrogens with one attached hydrogen (secondary N) is 1. The third-order valence-electron chi connectivity index (χ3n) is 6.18. The first-order chi connectivity index (χ1) is 17.6. The monoisotopic (exact) mass is 498 g/mol. The quantitative estimate of drug-likeness (QED) is 0.276. The Balaban J connectivity index is 1.65. The molecule has 0 radical (unpaired) electrons. The van der Waals surface area contributed by atoms with Crippen LogP contribution in [-0.2, 0) is 4.74 Å². The molecule has 1 saturated heterocycles. The maximum atomic E-state index is 12.6. The summed E-state index contributed by atoms with van der Waals surface area (Å²) in [4.78, 5) is 19.3. The van der Waals surface area contributed by atoms with Gasteiger partial charge in [0.1, 0.15) is 11.8 Å². The fourth-order valence-corrected chi connectivity index (χ4v) is 4.97. The number of aromatic nitrogens is 2. The molecule has 0 saturated carbocycles. The first-order valence-electron chi connectivity index (χ1n) is 11.7. The van der Waals surface area contributed by atoms with Gasteiger partial charge in [-0.2, -0.15) is 0 Å². The number of hydrogen-bond donors (Lipinski definition) is 1. The highest BCUT2D eigenvalue weighted by Gasteiger charge is 2.42. The van der Waals surface area contributed by atoms with Gasteiger partial charge in [0, 0.05) is 23.8 Å². The number of anilines is 1. The fourth-order valence-electron chi connectivity index (χ4n) is 4.62. The van der Waals surface area contributed by atoms with Crippen LogP contribution in [0.5, 0.6) is 5.75 Å². The molecule has 36 heavy (non-hydrogen) atoms. The number of esters is 1. The predicted octanol–water partition coefficient (Wildman–Crippen LogP) is 5.23. The lowest BCUT2D eigenvalue weighted by Crippen LogP contribution is -2.30. The number of methoxy groups -OCH3 is 1. The van der Waals surface area contributed by atoms with Crippen LogP contribution in [0, 0.1) is 0 Å². The Labute approximate surface area is 215 Å². The minimum Gasteiger partial charge on any atom is -0.494 e. The third-order valence-corrected chi connectivity index (χ3v) is 6.49. The van der Waals surface area contributed by atoms with Crippen molar-refractivity contribution >= 4 is 29.0 Å². The van der Waals surface area contributed by atoms with Crippen LogP contribution in [0.4, 0.5) is 5.69 Å². The summed E-state index contributed by atoms with van der Waals surface area (Å²) in [6.07, 6.45) is 3.73. The van der Waals surface area contributed by atoms with Crippen molar-refractivity contribution in [1.82, 2.24) is 14.9 Å². The van der Waals surface area contributed by atoms with Crippen LogP contribution in [0.3, 0.4) is 0 Å². The van der Waals surface area contributed by atoms with Crippen molar-refractivity contribution in [3.63, 3.8) is 0 Å². The van der Waals surface area contributed by atoms with Gasteiger partial charge in [-0.1, -0.05) is 18.2 Å². The van der Waals surface area contributed by atoms with Gasteiger partial charge in [0.15, 0.2) is 5.11 Å². The van der Waals surface area contributed by atoms with E-state index in [-0.39, 0.29) is 12.1 Å². The molecule has 3 heterocycles. The van der Waals surface area contributed by atoms with E-state index in [0.29, 0.717) is 17.3 Å². The summed E-state index contributed by atoms with van der Waals surface area (Å²) in [6.45, 7) is 2.56. The Bertz CT molecular complexity index is 1370. The SMILES string of the molecule is CCOc1ccc(N2C(=S)N[C@H](c3ccccn3)[C@@H]2c2cccn2-c2ccccc2C(=O)OC)cc1. The van der Waals surface area contributed by atoms with Crippen molar-refractivity contribution in [3.8, 4) is 11.4 Å². The summed E-state index contributed by atoms with van der Waals surface area (Å²) >= 11 is 5.85. The second-order valence-electron chi connectivity index (χ2n) is 8.24. The van der Waals surface area contributed by atoms with Crippen molar-refractivity contribution in [1.29, 1.82) is 0 Å². The molecule has 0 unspecified atom stereocenters. The topological polar surface area (TPSA) is 68.6 Å². The molecule has 8 heteroatoms. The van der Waals surface area contributed by atoms with Gasteiger partial charge >= 0.3 is 5.97 Å². The Morgan fingerprint density at radius 3 is 2.53 bits per heavy atom. The molecule has 4 aromatic rings. The molecule has 1 N–H and O–H groups in total. The number of carbonyl (C=O) groups excluding carboxylic acids is 1. The highest BCUT2D eigenvalue weighted by molar-refractivity contribution is 7.80. The van der Waals surface area contributed by atoms with Crippen molar-refractivity contribution < 1.29 is 14.3 Å².